The molecule has 2 heterocycles. The summed E-state index contributed by atoms with van der Waals surface area (Å²) in [6, 6.07) is 14.6. The summed E-state index contributed by atoms with van der Waals surface area (Å²) in [5.41, 5.74) is 0.404. The molecule has 1 unspecified atom stereocenters. The maximum Gasteiger partial charge on any atom is 0.265 e. The summed E-state index contributed by atoms with van der Waals surface area (Å²) in [6.45, 7) is 1.53. The molecule has 1 atom stereocenters. The predicted molar refractivity (Wildman–Crippen MR) is 115 cm³/mol. The lowest BCUT2D eigenvalue weighted by Crippen LogP contribution is -2.31. The Bertz CT molecular complexity index is 1260. The molecule has 1 amide bonds. The number of furan rings is 1. The Morgan fingerprint density at radius 1 is 1.07 bits per heavy atom. The van der Waals surface area contributed by atoms with Crippen LogP contribution in [-0.2, 0) is 4.79 Å². The van der Waals surface area contributed by atoms with E-state index >= 15 is 0 Å². The van der Waals surface area contributed by atoms with Crippen LogP contribution >= 0.6 is 23.2 Å². The standard InChI is InChI=1S/C22H15Cl2NO5/c1-12(22(27)25-15-7-4-13(23)5-8-15)29-21-19(26)16-11-14(24)6-9-17(16)30-20(21)18-3-2-10-28-18/h2-12H,1H3,(H,25,27). The third kappa shape index (κ3) is 4.06. The number of hydrogen-bond acceptors (Lipinski definition) is 5. The first-order valence-electron chi connectivity index (χ1n) is 8.95. The first-order chi connectivity index (χ1) is 14.4. The second-order valence-corrected chi connectivity index (χ2v) is 7.34. The molecule has 4 aromatic rings. The summed E-state index contributed by atoms with van der Waals surface area (Å²) in [6.07, 6.45) is 0.441. The van der Waals surface area contributed by atoms with Crippen LogP contribution in [-0.4, -0.2) is 12.0 Å². The molecule has 8 heteroatoms. The zero-order valence-electron chi connectivity index (χ0n) is 15.6. The molecule has 0 fully saturated rings. The Morgan fingerprint density at radius 3 is 2.50 bits per heavy atom. The number of fused-ring (bicyclic) bond motifs is 1. The minimum absolute atomic E-state index is 0.0889. The first-order valence-corrected chi connectivity index (χ1v) is 9.71. The number of amides is 1. The zero-order chi connectivity index (χ0) is 21.3. The summed E-state index contributed by atoms with van der Waals surface area (Å²) < 4.78 is 17.0. The van der Waals surface area contributed by atoms with E-state index in [4.69, 9.17) is 36.8 Å². The molecule has 30 heavy (non-hydrogen) atoms. The number of carbonyl (C=O) groups excluding carboxylic acids is 1. The maximum atomic E-state index is 13.1. The van der Waals surface area contributed by atoms with Crippen LogP contribution in [0.4, 0.5) is 5.69 Å². The van der Waals surface area contributed by atoms with Crippen molar-refractivity contribution in [3.05, 3.63) is 81.1 Å². The summed E-state index contributed by atoms with van der Waals surface area (Å²) in [5.74, 6) is -0.206. The highest BCUT2D eigenvalue weighted by Crippen LogP contribution is 2.32. The van der Waals surface area contributed by atoms with Gasteiger partial charge < -0.3 is 18.9 Å². The number of rotatable bonds is 5. The molecule has 152 valence electrons. The van der Waals surface area contributed by atoms with E-state index in [1.807, 2.05) is 0 Å². The third-order valence-electron chi connectivity index (χ3n) is 4.33. The molecular weight excluding hydrogens is 429 g/mol. The van der Waals surface area contributed by atoms with Crippen LogP contribution in [0.15, 0.2) is 74.5 Å². The minimum atomic E-state index is -1.01. The number of ether oxygens (including phenoxy) is 1. The van der Waals surface area contributed by atoms with Crippen LogP contribution in [0.5, 0.6) is 5.75 Å². The largest absolute Gasteiger partial charge is 0.473 e. The molecule has 6 nitrogen and oxygen atoms in total. The van der Waals surface area contributed by atoms with Gasteiger partial charge in [-0.2, -0.15) is 0 Å². The fraction of sp³-hybridized carbons (Fsp3) is 0.0909. The Balaban J connectivity index is 1.70. The van der Waals surface area contributed by atoms with E-state index in [9.17, 15) is 9.59 Å². The van der Waals surface area contributed by atoms with Gasteiger partial charge in [-0.3, -0.25) is 9.59 Å². The van der Waals surface area contributed by atoms with Crippen LogP contribution < -0.4 is 15.5 Å². The molecule has 1 N–H and O–H groups in total. The summed E-state index contributed by atoms with van der Waals surface area (Å²) in [4.78, 5) is 25.7. The van der Waals surface area contributed by atoms with Crippen molar-refractivity contribution in [2.24, 2.45) is 0 Å². The highest BCUT2D eigenvalue weighted by atomic mass is 35.5. The Hall–Kier alpha value is -3.22. The molecule has 0 saturated heterocycles. The molecule has 0 spiro atoms. The molecule has 0 bridgehead atoms. The lowest BCUT2D eigenvalue weighted by atomic mass is 10.2. The van der Waals surface area contributed by atoms with Crippen molar-refractivity contribution in [1.82, 2.24) is 0 Å². The topological polar surface area (TPSA) is 81.7 Å². The Kier molecular flexibility index (Phi) is 5.53. The average molecular weight is 444 g/mol. The van der Waals surface area contributed by atoms with Gasteiger partial charge in [0.1, 0.15) is 5.58 Å². The van der Waals surface area contributed by atoms with E-state index in [1.54, 1.807) is 48.5 Å². The van der Waals surface area contributed by atoms with Gasteiger partial charge in [-0.1, -0.05) is 23.2 Å². The first kappa shape index (κ1) is 20.1. The van der Waals surface area contributed by atoms with Gasteiger partial charge in [0.15, 0.2) is 11.9 Å². The molecule has 4 rings (SSSR count). The van der Waals surface area contributed by atoms with Gasteiger partial charge in [0.2, 0.25) is 16.9 Å². The summed E-state index contributed by atoms with van der Waals surface area (Å²) in [5, 5.41) is 3.87. The van der Waals surface area contributed by atoms with Gasteiger partial charge in [0.05, 0.1) is 11.6 Å². The molecule has 0 radical (unpaired) electrons. The van der Waals surface area contributed by atoms with Crippen molar-refractivity contribution in [2.75, 3.05) is 5.32 Å². The van der Waals surface area contributed by atoms with Crippen LogP contribution in [0.1, 0.15) is 6.92 Å². The van der Waals surface area contributed by atoms with E-state index in [0.717, 1.165) is 0 Å². The van der Waals surface area contributed by atoms with Crippen molar-refractivity contribution in [1.29, 1.82) is 0 Å². The number of halogens is 2. The molecular formula is C22H15Cl2NO5. The van der Waals surface area contributed by atoms with E-state index in [1.165, 1.54) is 19.3 Å². The van der Waals surface area contributed by atoms with Gasteiger partial charge in [-0.15, -0.1) is 0 Å². The van der Waals surface area contributed by atoms with Crippen molar-refractivity contribution < 1.29 is 18.4 Å². The van der Waals surface area contributed by atoms with Crippen LogP contribution in [0.25, 0.3) is 22.5 Å². The third-order valence-corrected chi connectivity index (χ3v) is 4.82. The van der Waals surface area contributed by atoms with Crippen molar-refractivity contribution in [3.63, 3.8) is 0 Å². The molecule has 0 aliphatic carbocycles. The van der Waals surface area contributed by atoms with Gasteiger partial charge in [0, 0.05) is 15.7 Å². The molecule has 2 aromatic heterocycles. The smallest absolute Gasteiger partial charge is 0.265 e. The van der Waals surface area contributed by atoms with Crippen LogP contribution in [0, 0.1) is 0 Å². The number of carbonyl (C=O) groups is 1. The SMILES string of the molecule is CC(Oc1c(-c2ccco2)oc2ccc(Cl)cc2c1=O)C(=O)Nc1ccc(Cl)cc1. The maximum absolute atomic E-state index is 13.1. The fourth-order valence-corrected chi connectivity index (χ4v) is 3.13. The fourth-order valence-electron chi connectivity index (χ4n) is 2.83. The van der Waals surface area contributed by atoms with Gasteiger partial charge in [-0.05, 0) is 61.5 Å². The number of hydrogen-bond donors (Lipinski definition) is 1. The lowest BCUT2D eigenvalue weighted by molar-refractivity contribution is -0.122. The lowest BCUT2D eigenvalue weighted by Gasteiger charge is -2.16. The number of nitrogens with one attached hydrogen (secondary N) is 1. The highest BCUT2D eigenvalue weighted by Gasteiger charge is 2.24. The Labute approximate surface area is 181 Å². The van der Waals surface area contributed by atoms with E-state index < -0.39 is 17.4 Å². The highest BCUT2D eigenvalue weighted by molar-refractivity contribution is 6.31. The van der Waals surface area contributed by atoms with E-state index in [-0.39, 0.29) is 16.9 Å². The van der Waals surface area contributed by atoms with Crippen LogP contribution in [0.3, 0.4) is 0 Å². The van der Waals surface area contributed by atoms with Crippen molar-refractivity contribution in [2.45, 2.75) is 13.0 Å². The normalized spacial score (nSPS) is 12.0. The van der Waals surface area contributed by atoms with E-state index in [2.05, 4.69) is 5.32 Å². The zero-order valence-corrected chi connectivity index (χ0v) is 17.2. The quantitative estimate of drug-likeness (QED) is 0.423. The summed E-state index contributed by atoms with van der Waals surface area (Å²) in [7, 11) is 0. The average Bonchev–Trinajstić information content (AvgIpc) is 3.26. The van der Waals surface area contributed by atoms with Gasteiger partial charge >= 0.3 is 0 Å². The molecule has 0 aliphatic rings. The van der Waals surface area contributed by atoms with Crippen molar-refractivity contribution >= 4 is 45.8 Å². The van der Waals surface area contributed by atoms with E-state index in [0.29, 0.717) is 27.1 Å². The molecule has 0 saturated carbocycles. The number of anilines is 1. The van der Waals surface area contributed by atoms with Gasteiger partial charge in [-0.25, -0.2) is 0 Å². The van der Waals surface area contributed by atoms with Crippen LogP contribution in [0.2, 0.25) is 10.0 Å². The molecule has 2 aromatic carbocycles. The minimum Gasteiger partial charge on any atom is -0.473 e. The predicted octanol–water partition coefficient (Wildman–Crippen LogP) is 5.77. The summed E-state index contributed by atoms with van der Waals surface area (Å²) >= 11 is 11.9. The van der Waals surface area contributed by atoms with Gasteiger partial charge in [0.25, 0.3) is 5.91 Å². The second kappa shape index (κ2) is 8.26. The number of benzene rings is 2. The second-order valence-electron chi connectivity index (χ2n) is 6.46. The monoisotopic (exact) mass is 443 g/mol. The Morgan fingerprint density at radius 2 is 1.80 bits per heavy atom. The van der Waals surface area contributed by atoms with Crippen molar-refractivity contribution in [3.8, 4) is 17.3 Å². The molecule has 0 aliphatic heterocycles.